The molecule has 0 saturated carbocycles. The molecular weight excluding hydrogens is 340 g/mol. The van der Waals surface area contributed by atoms with Gasteiger partial charge in [0.05, 0.1) is 7.11 Å². The van der Waals surface area contributed by atoms with Crippen LogP contribution in [0.15, 0.2) is 35.0 Å². The number of carbonyl (C=O) groups is 2. The molecule has 0 radical (unpaired) electrons. The number of urea groups is 1. The fourth-order valence-corrected chi connectivity index (χ4v) is 2.34. The second-order valence-electron chi connectivity index (χ2n) is 4.24. The van der Waals surface area contributed by atoms with Gasteiger partial charge >= 0.3 is 6.03 Å². The Morgan fingerprint density at radius 2 is 2.19 bits per heavy atom. The molecule has 1 aromatic carbocycles. The molecule has 21 heavy (non-hydrogen) atoms. The third-order valence-electron chi connectivity index (χ3n) is 2.86. The number of amides is 3. The molecule has 0 bridgehead atoms. The van der Waals surface area contributed by atoms with Crippen molar-refractivity contribution < 1.29 is 19.4 Å². The minimum atomic E-state index is -0.521. The van der Waals surface area contributed by atoms with Gasteiger partial charge in [0.15, 0.2) is 11.5 Å². The van der Waals surface area contributed by atoms with E-state index in [4.69, 9.17) is 4.74 Å². The van der Waals surface area contributed by atoms with Crippen LogP contribution in [0.25, 0.3) is 6.08 Å². The molecule has 2 N–H and O–H groups in total. The predicted molar refractivity (Wildman–Crippen MR) is 80.8 cm³/mol. The van der Waals surface area contributed by atoms with Crippen LogP contribution in [0.2, 0.25) is 0 Å². The van der Waals surface area contributed by atoms with Crippen molar-refractivity contribution in [2.24, 2.45) is 0 Å². The minimum Gasteiger partial charge on any atom is -0.504 e. The molecular formula is C14H13BrN2O4. The largest absolute Gasteiger partial charge is 0.504 e. The summed E-state index contributed by atoms with van der Waals surface area (Å²) in [5, 5.41) is 12.5. The summed E-state index contributed by atoms with van der Waals surface area (Å²) in [4.78, 5) is 24.7. The number of phenolic OH excluding ortho intramolecular Hbond substituents is 1. The van der Waals surface area contributed by atoms with Gasteiger partial charge in [-0.25, -0.2) is 4.79 Å². The van der Waals surface area contributed by atoms with Crippen molar-refractivity contribution in [2.45, 2.75) is 0 Å². The average molecular weight is 353 g/mol. The number of phenols is 1. The summed E-state index contributed by atoms with van der Waals surface area (Å²) in [5.41, 5.74) is 0.433. The highest BCUT2D eigenvalue weighted by Gasteiger charge is 2.32. The van der Waals surface area contributed by atoms with Gasteiger partial charge < -0.3 is 15.2 Å². The third-order valence-corrected chi connectivity index (χ3v) is 3.32. The number of halogens is 1. The van der Waals surface area contributed by atoms with E-state index >= 15 is 0 Å². The number of ether oxygens (including phenoxy) is 1. The molecule has 0 aliphatic carbocycles. The standard InChI is InChI=1S/C14H13BrN2O4/c1-3-4-17-13(19)10(16-14(17)20)6-8-5-9(15)7-11(21-2)12(8)18/h3,5-7,18H,1,4H2,2H3,(H,16,20). The summed E-state index contributed by atoms with van der Waals surface area (Å²) in [5.74, 6) is -0.327. The Labute approximate surface area is 129 Å². The second-order valence-corrected chi connectivity index (χ2v) is 5.15. The molecule has 1 aliphatic heterocycles. The van der Waals surface area contributed by atoms with E-state index in [2.05, 4.69) is 27.8 Å². The fraction of sp³-hybridized carbons (Fsp3) is 0.143. The van der Waals surface area contributed by atoms with E-state index < -0.39 is 11.9 Å². The summed E-state index contributed by atoms with van der Waals surface area (Å²) < 4.78 is 5.70. The normalized spacial score (nSPS) is 16.3. The Morgan fingerprint density at radius 3 is 2.81 bits per heavy atom. The van der Waals surface area contributed by atoms with E-state index in [1.165, 1.54) is 19.3 Å². The van der Waals surface area contributed by atoms with Crippen LogP contribution >= 0.6 is 15.9 Å². The van der Waals surface area contributed by atoms with E-state index in [0.717, 1.165) is 4.90 Å². The smallest absolute Gasteiger partial charge is 0.329 e. The maximum Gasteiger partial charge on any atom is 0.329 e. The summed E-state index contributed by atoms with van der Waals surface area (Å²) in [6.07, 6.45) is 2.85. The number of methoxy groups -OCH3 is 1. The SMILES string of the molecule is C=CCN1C(=O)NC(=Cc2cc(Br)cc(OC)c2O)C1=O. The molecule has 6 nitrogen and oxygen atoms in total. The Bertz CT molecular complexity index is 655. The van der Waals surface area contributed by atoms with Gasteiger partial charge in [-0.3, -0.25) is 9.69 Å². The van der Waals surface area contributed by atoms with Crippen molar-refractivity contribution >= 4 is 33.9 Å². The molecule has 1 aliphatic rings. The lowest BCUT2D eigenvalue weighted by Crippen LogP contribution is -2.30. The van der Waals surface area contributed by atoms with Gasteiger partial charge in [-0.1, -0.05) is 22.0 Å². The zero-order chi connectivity index (χ0) is 15.6. The van der Waals surface area contributed by atoms with Gasteiger partial charge in [-0.05, 0) is 18.2 Å². The van der Waals surface area contributed by atoms with Crippen LogP contribution in [0.3, 0.4) is 0 Å². The third kappa shape index (κ3) is 2.92. The van der Waals surface area contributed by atoms with Crippen LogP contribution < -0.4 is 10.1 Å². The lowest BCUT2D eigenvalue weighted by atomic mass is 10.1. The first-order valence-electron chi connectivity index (χ1n) is 6.00. The predicted octanol–water partition coefficient (Wildman–Crippen LogP) is 2.24. The van der Waals surface area contributed by atoms with Crippen LogP contribution in [-0.4, -0.2) is 35.6 Å². The Morgan fingerprint density at radius 1 is 1.48 bits per heavy atom. The lowest BCUT2D eigenvalue weighted by molar-refractivity contribution is -0.122. The molecule has 110 valence electrons. The van der Waals surface area contributed by atoms with E-state index in [1.54, 1.807) is 12.1 Å². The second kappa shape index (κ2) is 6.01. The number of aromatic hydroxyl groups is 1. The van der Waals surface area contributed by atoms with E-state index in [9.17, 15) is 14.7 Å². The molecule has 7 heteroatoms. The van der Waals surface area contributed by atoms with Crippen LogP contribution in [-0.2, 0) is 4.79 Å². The number of nitrogens with zero attached hydrogens (tertiary/aromatic N) is 1. The maximum atomic E-state index is 12.1. The van der Waals surface area contributed by atoms with Crippen molar-refractivity contribution in [1.29, 1.82) is 0 Å². The van der Waals surface area contributed by atoms with Crippen molar-refractivity contribution in [1.82, 2.24) is 10.2 Å². The number of hydrogen-bond donors (Lipinski definition) is 2. The average Bonchev–Trinajstić information content (AvgIpc) is 2.70. The molecule has 0 atom stereocenters. The Balaban J connectivity index is 2.41. The maximum absolute atomic E-state index is 12.1. The van der Waals surface area contributed by atoms with Crippen molar-refractivity contribution in [3.8, 4) is 11.5 Å². The number of hydrogen-bond acceptors (Lipinski definition) is 4. The fourth-order valence-electron chi connectivity index (χ4n) is 1.88. The van der Waals surface area contributed by atoms with Gasteiger partial charge in [-0.2, -0.15) is 0 Å². The monoisotopic (exact) mass is 352 g/mol. The van der Waals surface area contributed by atoms with Gasteiger partial charge in [0.2, 0.25) is 0 Å². The van der Waals surface area contributed by atoms with Gasteiger partial charge in [0, 0.05) is 16.6 Å². The number of benzene rings is 1. The summed E-state index contributed by atoms with van der Waals surface area (Å²) in [6.45, 7) is 3.62. The van der Waals surface area contributed by atoms with Crippen molar-refractivity contribution in [3.05, 3.63) is 40.5 Å². The number of nitrogens with one attached hydrogen (secondary N) is 1. The molecule has 1 saturated heterocycles. The zero-order valence-corrected chi connectivity index (χ0v) is 12.8. The highest BCUT2D eigenvalue weighted by atomic mass is 79.9. The molecule has 1 heterocycles. The minimum absolute atomic E-state index is 0.0808. The molecule has 1 fully saturated rings. The summed E-state index contributed by atoms with van der Waals surface area (Å²) >= 11 is 3.28. The quantitative estimate of drug-likeness (QED) is 0.494. The van der Waals surface area contributed by atoms with Crippen LogP contribution in [0.1, 0.15) is 5.56 Å². The molecule has 3 amide bonds. The van der Waals surface area contributed by atoms with Gasteiger partial charge in [0.1, 0.15) is 5.70 Å². The first kappa shape index (κ1) is 15.1. The highest BCUT2D eigenvalue weighted by Crippen LogP contribution is 2.35. The van der Waals surface area contributed by atoms with Gasteiger partial charge in [0.25, 0.3) is 5.91 Å². The van der Waals surface area contributed by atoms with Crippen molar-refractivity contribution in [3.63, 3.8) is 0 Å². The first-order chi connectivity index (χ1) is 9.97. The Kier molecular flexibility index (Phi) is 4.32. The number of imide groups is 1. The van der Waals surface area contributed by atoms with Crippen molar-refractivity contribution in [2.75, 3.05) is 13.7 Å². The first-order valence-corrected chi connectivity index (χ1v) is 6.79. The molecule has 0 spiro atoms. The summed E-state index contributed by atoms with van der Waals surface area (Å²) in [7, 11) is 1.42. The summed E-state index contributed by atoms with van der Waals surface area (Å²) in [6, 6.07) is 2.68. The van der Waals surface area contributed by atoms with Crippen LogP contribution in [0.5, 0.6) is 11.5 Å². The van der Waals surface area contributed by atoms with Crippen LogP contribution in [0.4, 0.5) is 4.79 Å². The van der Waals surface area contributed by atoms with E-state index in [1.807, 2.05) is 0 Å². The highest BCUT2D eigenvalue weighted by molar-refractivity contribution is 9.10. The van der Waals surface area contributed by atoms with Crippen LogP contribution in [0, 0.1) is 0 Å². The molecule has 2 rings (SSSR count). The molecule has 0 unspecified atom stereocenters. The lowest BCUT2D eigenvalue weighted by Gasteiger charge is -2.08. The molecule has 0 aromatic heterocycles. The number of rotatable bonds is 4. The van der Waals surface area contributed by atoms with E-state index in [0.29, 0.717) is 10.0 Å². The number of carbonyl (C=O) groups excluding carboxylic acids is 2. The van der Waals surface area contributed by atoms with Gasteiger partial charge in [-0.15, -0.1) is 6.58 Å². The molecule has 1 aromatic rings. The zero-order valence-electron chi connectivity index (χ0n) is 11.2. The Hall–Kier alpha value is -2.28. The van der Waals surface area contributed by atoms with E-state index in [-0.39, 0.29) is 23.7 Å². The topological polar surface area (TPSA) is 78.9 Å².